The second-order valence-corrected chi connectivity index (χ2v) is 12.3. The Bertz CT molecular complexity index is 1820. The molecular weight excluding hydrogens is 641 g/mol. The molecule has 3 heterocycles. The average molecular weight is 679 g/mol. The van der Waals surface area contributed by atoms with E-state index in [1.807, 2.05) is 36.4 Å². The second-order valence-electron chi connectivity index (χ2n) is 11.5. The maximum absolute atomic E-state index is 12.8. The maximum atomic E-state index is 12.8. The molecule has 246 valence electrons. The third-order valence-electron chi connectivity index (χ3n) is 8.62. The van der Waals surface area contributed by atoms with Crippen LogP contribution in [0.4, 0.5) is 17.3 Å². The van der Waals surface area contributed by atoms with E-state index in [-0.39, 0.29) is 23.6 Å². The molecule has 11 nitrogen and oxygen atoms in total. The zero-order valence-electron chi connectivity index (χ0n) is 26.6. The number of ether oxygens (including phenoxy) is 2. The van der Waals surface area contributed by atoms with E-state index >= 15 is 0 Å². The SMILES string of the molecule is CNC(=O)c1c(NC)nc(C)nc1Nc1cccc(-c2cccc(-c3cc4c(c(OC)n3)[C@@H](N[C@@H]3CCOC[C@H]3O)CC4)c2Cl)c1Cl. The van der Waals surface area contributed by atoms with E-state index in [4.69, 9.17) is 37.7 Å². The Morgan fingerprint density at radius 3 is 2.45 bits per heavy atom. The van der Waals surface area contributed by atoms with E-state index < -0.39 is 6.10 Å². The number of anilines is 3. The van der Waals surface area contributed by atoms with Crippen molar-refractivity contribution >= 4 is 46.4 Å². The summed E-state index contributed by atoms with van der Waals surface area (Å²) in [6.45, 7) is 2.70. The standard InChI is InChI=1S/C34H37Cl2N7O4/c1-17-39-31(37-2)28(33(45)38-3)32(40-17)42-24-10-6-8-20(30(24)36)19-7-5-9-21(29(19)35)25-15-18-11-12-23(27(18)34(43-25)46-4)41-22-13-14-47-16-26(22)44/h5-10,15,22-23,26,41,44H,11-14,16H2,1-4H3,(H,38,45)(H2,37,39,40,42)/t22-,23+,26-/m1/s1. The molecule has 1 aliphatic carbocycles. The molecule has 0 spiro atoms. The molecule has 1 amide bonds. The molecular formula is C34H37Cl2N7O4. The van der Waals surface area contributed by atoms with Crippen LogP contribution in [0.25, 0.3) is 22.4 Å². The fourth-order valence-electron chi connectivity index (χ4n) is 6.33. The minimum Gasteiger partial charge on any atom is -0.481 e. The molecule has 0 radical (unpaired) electrons. The molecule has 0 saturated carbocycles. The molecule has 13 heteroatoms. The first-order valence-electron chi connectivity index (χ1n) is 15.5. The van der Waals surface area contributed by atoms with Crippen molar-refractivity contribution in [1.29, 1.82) is 0 Å². The van der Waals surface area contributed by atoms with Gasteiger partial charge in [0, 0.05) is 55.0 Å². The molecule has 0 unspecified atom stereocenters. The largest absolute Gasteiger partial charge is 0.481 e. The lowest BCUT2D eigenvalue weighted by Crippen LogP contribution is -2.47. The van der Waals surface area contributed by atoms with E-state index in [0.29, 0.717) is 69.1 Å². The van der Waals surface area contributed by atoms with Gasteiger partial charge in [-0.15, -0.1) is 0 Å². The number of halogens is 2. The van der Waals surface area contributed by atoms with Gasteiger partial charge in [0.2, 0.25) is 5.88 Å². The summed E-state index contributed by atoms with van der Waals surface area (Å²) in [6.07, 6.45) is 1.90. The zero-order chi connectivity index (χ0) is 33.2. The van der Waals surface area contributed by atoms with Gasteiger partial charge in [0.1, 0.15) is 23.0 Å². The Morgan fingerprint density at radius 1 is 1.00 bits per heavy atom. The van der Waals surface area contributed by atoms with Crippen LogP contribution in [-0.4, -0.2) is 72.5 Å². The first-order valence-corrected chi connectivity index (χ1v) is 16.2. The van der Waals surface area contributed by atoms with Crippen LogP contribution in [-0.2, 0) is 11.2 Å². The summed E-state index contributed by atoms with van der Waals surface area (Å²) in [5.74, 6) is 1.37. The van der Waals surface area contributed by atoms with Crippen LogP contribution >= 0.6 is 23.2 Å². The van der Waals surface area contributed by atoms with Crippen molar-refractivity contribution in [2.75, 3.05) is 45.1 Å². The van der Waals surface area contributed by atoms with Crippen LogP contribution in [0.2, 0.25) is 10.0 Å². The number of nitrogens with zero attached hydrogens (tertiary/aromatic N) is 3. The molecule has 4 aromatic rings. The highest BCUT2D eigenvalue weighted by Crippen LogP contribution is 2.44. The van der Waals surface area contributed by atoms with Gasteiger partial charge >= 0.3 is 0 Å². The van der Waals surface area contributed by atoms with Crippen molar-refractivity contribution in [3.63, 3.8) is 0 Å². The number of hydrogen-bond acceptors (Lipinski definition) is 10. The molecule has 2 aromatic heterocycles. The summed E-state index contributed by atoms with van der Waals surface area (Å²) in [7, 11) is 4.86. The normalized spacial score (nSPS) is 18.8. The maximum Gasteiger partial charge on any atom is 0.258 e. The van der Waals surface area contributed by atoms with Gasteiger partial charge in [-0.25, -0.2) is 15.0 Å². The number of fused-ring (bicyclic) bond motifs is 1. The second kappa shape index (κ2) is 14.0. The van der Waals surface area contributed by atoms with Gasteiger partial charge in [0.15, 0.2) is 0 Å². The molecule has 1 saturated heterocycles. The summed E-state index contributed by atoms with van der Waals surface area (Å²) < 4.78 is 11.2. The lowest BCUT2D eigenvalue weighted by Gasteiger charge is -2.31. The highest BCUT2D eigenvalue weighted by atomic mass is 35.5. The first-order chi connectivity index (χ1) is 22.7. The number of hydrogen-bond donors (Lipinski definition) is 5. The van der Waals surface area contributed by atoms with Gasteiger partial charge < -0.3 is 35.8 Å². The van der Waals surface area contributed by atoms with Crippen molar-refractivity contribution in [2.24, 2.45) is 0 Å². The number of methoxy groups -OCH3 is 1. The number of carbonyl (C=O) groups is 1. The van der Waals surface area contributed by atoms with Gasteiger partial charge in [-0.2, -0.15) is 0 Å². The summed E-state index contributed by atoms with van der Waals surface area (Å²) in [6, 6.07) is 13.3. The van der Waals surface area contributed by atoms with Crippen molar-refractivity contribution in [1.82, 2.24) is 25.6 Å². The van der Waals surface area contributed by atoms with Crippen LogP contribution in [0, 0.1) is 6.92 Å². The number of aliphatic hydroxyl groups is 1. The Morgan fingerprint density at radius 2 is 1.72 bits per heavy atom. The molecule has 5 N–H and O–H groups in total. The Hall–Kier alpha value is -4.00. The summed E-state index contributed by atoms with van der Waals surface area (Å²) in [5, 5.41) is 23.8. The number of rotatable bonds is 9. The molecule has 1 aliphatic heterocycles. The zero-order valence-corrected chi connectivity index (χ0v) is 28.1. The van der Waals surface area contributed by atoms with Gasteiger partial charge in [-0.05, 0) is 43.9 Å². The van der Waals surface area contributed by atoms with Crippen molar-refractivity contribution < 1.29 is 19.4 Å². The smallest absolute Gasteiger partial charge is 0.258 e. The van der Waals surface area contributed by atoms with Crippen LogP contribution in [0.3, 0.4) is 0 Å². The van der Waals surface area contributed by atoms with Gasteiger partial charge in [0.25, 0.3) is 5.91 Å². The number of nitrogens with one attached hydrogen (secondary N) is 4. The van der Waals surface area contributed by atoms with Crippen LogP contribution in [0.15, 0.2) is 42.5 Å². The summed E-state index contributed by atoms with van der Waals surface area (Å²) in [4.78, 5) is 26.6. The number of aryl methyl sites for hydroxylation is 2. The Labute approximate surface area is 283 Å². The van der Waals surface area contributed by atoms with Crippen LogP contribution < -0.4 is 26.0 Å². The molecule has 0 bridgehead atoms. The van der Waals surface area contributed by atoms with E-state index in [1.165, 1.54) is 0 Å². The number of aromatic nitrogens is 3. The minimum atomic E-state index is -0.554. The lowest BCUT2D eigenvalue weighted by atomic mass is 9.99. The fraction of sp³-hybridized carbons (Fsp3) is 0.353. The molecule has 3 atom stereocenters. The topological polar surface area (TPSA) is 143 Å². The lowest BCUT2D eigenvalue weighted by molar-refractivity contribution is -0.0304. The fourth-order valence-corrected chi connectivity index (χ4v) is 6.93. The highest BCUT2D eigenvalue weighted by Gasteiger charge is 2.33. The molecule has 2 aromatic carbocycles. The molecule has 6 rings (SSSR count). The predicted molar refractivity (Wildman–Crippen MR) is 184 cm³/mol. The summed E-state index contributed by atoms with van der Waals surface area (Å²) >= 11 is 14.2. The van der Waals surface area contributed by atoms with Crippen molar-refractivity contribution in [3.8, 4) is 28.3 Å². The first kappa shape index (κ1) is 32.9. The number of amides is 1. The Balaban J connectivity index is 1.34. The van der Waals surface area contributed by atoms with Gasteiger partial charge in [-0.1, -0.05) is 53.5 Å². The Kier molecular flexibility index (Phi) is 9.81. The summed E-state index contributed by atoms with van der Waals surface area (Å²) in [5.41, 5.74) is 5.79. The van der Waals surface area contributed by atoms with Crippen LogP contribution in [0.1, 0.15) is 46.2 Å². The van der Waals surface area contributed by atoms with Crippen molar-refractivity contribution in [2.45, 2.75) is 44.4 Å². The third kappa shape index (κ3) is 6.46. The van der Waals surface area contributed by atoms with Gasteiger partial charge in [0.05, 0.1) is 41.2 Å². The van der Waals surface area contributed by atoms with E-state index in [1.54, 1.807) is 28.1 Å². The van der Waals surface area contributed by atoms with Crippen molar-refractivity contribution in [3.05, 3.63) is 75.0 Å². The van der Waals surface area contributed by atoms with E-state index in [9.17, 15) is 9.90 Å². The van der Waals surface area contributed by atoms with Gasteiger partial charge in [-0.3, -0.25) is 4.79 Å². The van der Waals surface area contributed by atoms with E-state index in [2.05, 4.69) is 37.3 Å². The number of aliphatic hydroxyl groups excluding tert-OH is 1. The van der Waals surface area contributed by atoms with E-state index in [0.717, 1.165) is 36.0 Å². The predicted octanol–water partition coefficient (Wildman–Crippen LogP) is 5.70. The quantitative estimate of drug-likeness (QED) is 0.150. The molecule has 47 heavy (non-hydrogen) atoms. The highest BCUT2D eigenvalue weighted by molar-refractivity contribution is 6.39. The monoisotopic (exact) mass is 677 g/mol. The number of pyridine rings is 1. The minimum absolute atomic E-state index is 0.0156. The number of carbonyl (C=O) groups excluding carboxylic acids is 1. The number of benzene rings is 2. The van der Waals surface area contributed by atoms with Crippen LogP contribution in [0.5, 0.6) is 5.88 Å². The average Bonchev–Trinajstić information content (AvgIpc) is 3.48. The molecule has 2 aliphatic rings. The third-order valence-corrected chi connectivity index (χ3v) is 9.44. The molecule has 1 fully saturated rings.